The second kappa shape index (κ2) is 14.0. The molecule has 0 aromatic carbocycles. The summed E-state index contributed by atoms with van der Waals surface area (Å²) in [6, 6.07) is 0. The summed E-state index contributed by atoms with van der Waals surface area (Å²) >= 11 is 0. The molecular weight excluding hydrogens is 546 g/mol. The van der Waals surface area contributed by atoms with Gasteiger partial charge in [0.05, 0.1) is 0 Å². The van der Waals surface area contributed by atoms with Crippen molar-refractivity contribution in [3.05, 3.63) is 47.6 Å². The Morgan fingerprint density at radius 2 is 0.914 bits per heavy atom. The summed E-state index contributed by atoms with van der Waals surface area (Å²) in [5.41, 5.74) is 4.64. The van der Waals surface area contributed by atoms with E-state index in [1.807, 2.05) is 0 Å². The maximum Gasteiger partial charge on any atom is 4.00 e. The standard InChI is InChI=1S/2C16H25.2ClH.Zr/c2*1-13(2)15(3,4)16(11-7-8-12-16)14-9-5-6-10-14;;;/h2*5,9,13H,6-8,11-12H2,1-4H3;2*1H;/q2*-1;;;+4/p-2. The Morgan fingerprint density at radius 3 is 1.11 bits per heavy atom. The Bertz CT molecular complexity index is 701. The van der Waals surface area contributed by atoms with Gasteiger partial charge in [-0.1, -0.05) is 81.1 Å². The average molecular weight is 597 g/mol. The van der Waals surface area contributed by atoms with E-state index in [0.717, 1.165) is 24.7 Å². The number of hydrogen-bond acceptors (Lipinski definition) is 0. The van der Waals surface area contributed by atoms with Gasteiger partial charge in [0.2, 0.25) is 0 Å². The molecule has 0 bridgehead atoms. The predicted molar refractivity (Wildman–Crippen MR) is 140 cm³/mol. The zero-order valence-electron chi connectivity index (χ0n) is 23.8. The molecule has 0 heterocycles. The minimum absolute atomic E-state index is 0. The van der Waals surface area contributed by atoms with E-state index in [2.05, 4.69) is 91.8 Å². The topological polar surface area (TPSA) is 0 Å². The van der Waals surface area contributed by atoms with Gasteiger partial charge >= 0.3 is 26.2 Å². The van der Waals surface area contributed by atoms with Crippen LogP contribution in [0.4, 0.5) is 0 Å². The molecule has 4 rings (SSSR count). The molecule has 0 spiro atoms. The molecule has 2 saturated carbocycles. The largest absolute Gasteiger partial charge is 4.00 e. The van der Waals surface area contributed by atoms with Crippen molar-refractivity contribution in [2.45, 2.75) is 120 Å². The molecule has 4 aliphatic carbocycles. The van der Waals surface area contributed by atoms with E-state index in [1.54, 1.807) is 0 Å². The summed E-state index contributed by atoms with van der Waals surface area (Å²) in [7, 11) is 0. The maximum atomic E-state index is 3.61. The molecule has 0 saturated heterocycles. The third kappa shape index (κ3) is 6.53. The smallest absolute Gasteiger partial charge is 1.00 e. The molecule has 4 aliphatic rings. The van der Waals surface area contributed by atoms with E-state index in [-0.39, 0.29) is 51.0 Å². The van der Waals surface area contributed by atoms with Gasteiger partial charge in [0.1, 0.15) is 0 Å². The zero-order valence-corrected chi connectivity index (χ0v) is 27.8. The normalized spacial score (nSPS) is 22.1. The Kier molecular flexibility index (Phi) is 14.2. The molecule has 0 N–H and O–H groups in total. The van der Waals surface area contributed by atoms with Crippen molar-refractivity contribution in [3.8, 4) is 0 Å². The minimum Gasteiger partial charge on any atom is -1.00 e. The van der Waals surface area contributed by atoms with Crippen LogP contribution in [-0.2, 0) is 26.2 Å². The SMILES string of the molecule is CC(C)C(C)(C)C1(C2=[C-]CC=C2)CCCC1.CC(C)C(C)(C)C1(C2=[C-]CC=C2)CCCC1.[Cl-].[Cl-].[Zr+4]. The molecule has 196 valence electrons. The van der Waals surface area contributed by atoms with Crippen LogP contribution in [0.2, 0.25) is 0 Å². The van der Waals surface area contributed by atoms with E-state index >= 15 is 0 Å². The van der Waals surface area contributed by atoms with Gasteiger partial charge in [0.25, 0.3) is 0 Å². The number of halogens is 2. The van der Waals surface area contributed by atoms with E-state index in [9.17, 15) is 0 Å². The van der Waals surface area contributed by atoms with E-state index < -0.39 is 0 Å². The first-order valence-corrected chi connectivity index (χ1v) is 13.6. The quantitative estimate of drug-likeness (QED) is 0.409. The van der Waals surface area contributed by atoms with Gasteiger partial charge in [-0.3, -0.25) is 12.2 Å². The van der Waals surface area contributed by atoms with Crippen LogP contribution in [0.15, 0.2) is 35.5 Å². The molecule has 0 radical (unpaired) electrons. The first-order valence-electron chi connectivity index (χ1n) is 13.6. The van der Waals surface area contributed by atoms with Crippen LogP contribution in [0.25, 0.3) is 0 Å². The van der Waals surface area contributed by atoms with Gasteiger partial charge in [-0.25, -0.2) is 23.3 Å². The molecular formula is C32H50Cl2Zr. The van der Waals surface area contributed by atoms with Gasteiger partial charge in [0.15, 0.2) is 0 Å². The minimum atomic E-state index is 0. The molecule has 3 heteroatoms. The Labute approximate surface area is 250 Å². The fourth-order valence-corrected chi connectivity index (χ4v) is 7.05. The van der Waals surface area contributed by atoms with Crippen molar-refractivity contribution in [1.82, 2.24) is 0 Å². The number of rotatable bonds is 6. The third-order valence-corrected chi connectivity index (χ3v) is 10.7. The molecule has 0 unspecified atom stereocenters. The molecule has 0 aliphatic heterocycles. The number of allylic oxidation sites excluding steroid dienone is 8. The van der Waals surface area contributed by atoms with Crippen LogP contribution < -0.4 is 24.8 Å². The van der Waals surface area contributed by atoms with Crippen molar-refractivity contribution < 1.29 is 51.0 Å². The second-order valence-corrected chi connectivity index (χ2v) is 12.7. The van der Waals surface area contributed by atoms with Crippen molar-refractivity contribution >= 4 is 0 Å². The van der Waals surface area contributed by atoms with Crippen LogP contribution in [0, 0.1) is 45.6 Å². The van der Waals surface area contributed by atoms with Gasteiger partial charge in [-0.2, -0.15) is 12.2 Å². The first kappa shape index (κ1) is 35.4. The Balaban J connectivity index is 0.000000608. The average Bonchev–Trinajstić information content (AvgIpc) is 3.55. The van der Waals surface area contributed by atoms with Crippen molar-refractivity contribution in [2.24, 2.45) is 33.5 Å². The van der Waals surface area contributed by atoms with Crippen molar-refractivity contribution in [1.29, 1.82) is 0 Å². The van der Waals surface area contributed by atoms with Gasteiger partial charge < -0.3 is 24.8 Å². The fraction of sp³-hybridized carbons (Fsp3) is 0.750. The van der Waals surface area contributed by atoms with Gasteiger partial charge in [-0.15, -0.1) is 12.8 Å². The second-order valence-electron chi connectivity index (χ2n) is 12.7. The Morgan fingerprint density at radius 1 is 0.629 bits per heavy atom. The van der Waals surface area contributed by atoms with Crippen molar-refractivity contribution in [2.75, 3.05) is 0 Å². The molecule has 35 heavy (non-hydrogen) atoms. The predicted octanol–water partition coefficient (Wildman–Crippen LogP) is 3.84. The van der Waals surface area contributed by atoms with Crippen LogP contribution in [-0.4, -0.2) is 0 Å². The first-order chi connectivity index (χ1) is 15.0. The van der Waals surface area contributed by atoms with Crippen molar-refractivity contribution in [3.63, 3.8) is 0 Å². The summed E-state index contributed by atoms with van der Waals surface area (Å²) < 4.78 is 0. The van der Waals surface area contributed by atoms with E-state index in [0.29, 0.717) is 21.7 Å². The third-order valence-electron chi connectivity index (χ3n) is 10.7. The van der Waals surface area contributed by atoms with Crippen LogP contribution in [0.1, 0.15) is 120 Å². The zero-order chi connectivity index (χ0) is 23.6. The molecule has 0 nitrogen and oxygen atoms in total. The summed E-state index contributed by atoms with van der Waals surface area (Å²) in [4.78, 5) is 0. The summed E-state index contributed by atoms with van der Waals surface area (Å²) in [5.74, 6) is 1.46. The van der Waals surface area contributed by atoms with Gasteiger partial charge in [-0.05, 0) is 59.2 Å². The summed E-state index contributed by atoms with van der Waals surface area (Å²) in [6.07, 6.45) is 29.6. The van der Waals surface area contributed by atoms with Gasteiger partial charge in [0, 0.05) is 0 Å². The molecule has 2 fully saturated rings. The maximum absolute atomic E-state index is 3.61. The summed E-state index contributed by atoms with van der Waals surface area (Å²) in [6.45, 7) is 19.3. The molecule has 0 aromatic heterocycles. The van der Waals surface area contributed by atoms with Crippen LogP contribution in [0.5, 0.6) is 0 Å². The molecule has 0 aromatic rings. The molecule has 0 atom stereocenters. The molecule has 0 amide bonds. The summed E-state index contributed by atoms with van der Waals surface area (Å²) in [5, 5.41) is 0. The monoisotopic (exact) mass is 594 g/mol. The van der Waals surface area contributed by atoms with Crippen LogP contribution >= 0.6 is 0 Å². The van der Waals surface area contributed by atoms with E-state index in [4.69, 9.17) is 0 Å². The fourth-order valence-electron chi connectivity index (χ4n) is 7.05. The number of hydrogen-bond donors (Lipinski definition) is 0. The Hall–Kier alpha value is 0.423. The van der Waals surface area contributed by atoms with E-state index in [1.165, 1.54) is 62.5 Å². The van der Waals surface area contributed by atoms with Crippen LogP contribution in [0.3, 0.4) is 0 Å².